The molecular weight excluding hydrogens is 352 g/mol. The Labute approximate surface area is 167 Å². The molecule has 0 N–H and O–H groups in total. The van der Waals surface area contributed by atoms with Crippen LogP contribution in [0.5, 0.6) is 11.5 Å². The van der Waals surface area contributed by atoms with Crippen LogP contribution in [0.25, 0.3) is 0 Å². The molecular formula is C23H30N2O3. The minimum absolute atomic E-state index is 0.233. The number of methoxy groups -OCH3 is 1. The van der Waals surface area contributed by atoms with E-state index in [1.54, 1.807) is 7.11 Å². The summed E-state index contributed by atoms with van der Waals surface area (Å²) >= 11 is 0. The predicted octanol–water partition coefficient (Wildman–Crippen LogP) is 3.16. The summed E-state index contributed by atoms with van der Waals surface area (Å²) in [4.78, 5) is 17.0. The van der Waals surface area contributed by atoms with Crippen LogP contribution in [0.1, 0.15) is 17.5 Å². The van der Waals surface area contributed by atoms with E-state index in [-0.39, 0.29) is 5.91 Å². The van der Waals surface area contributed by atoms with Crippen LogP contribution >= 0.6 is 0 Å². The molecule has 28 heavy (non-hydrogen) atoms. The Morgan fingerprint density at radius 3 is 2.32 bits per heavy atom. The third-order valence-electron chi connectivity index (χ3n) is 5.27. The van der Waals surface area contributed by atoms with E-state index in [0.29, 0.717) is 13.0 Å². The van der Waals surface area contributed by atoms with Gasteiger partial charge in [-0.05, 0) is 48.7 Å². The first-order valence-corrected chi connectivity index (χ1v) is 9.97. The summed E-state index contributed by atoms with van der Waals surface area (Å²) in [6, 6.07) is 15.8. The molecule has 0 aromatic heterocycles. The second-order valence-corrected chi connectivity index (χ2v) is 7.20. The number of piperazine rings is 1. The molecule has 1 heterocycles. The van der Waals surface area contributed by atoms with E-state index in [1.165, 1.54) is 5.56 Å². The maximum Gasteiger partial charge on any atom is 0.227 e. The fourth-order valence-electron chi connectivity index (χ4n) is 3.45. The van der Waals surface area contributed by atoms with Crippen LogP contribution in [0.15, 0.2) is 48.5 Å². The zero-order valence-electron chi connectivity index (χ0n) is 16.9. The van der Waals surface area contributed by atoms with Crippen molar-refractivity contribution in [3.05, 3.63) is 59.7 Å². The third kappa shape index (κ3) is 5.73. The lowest BCUT2D eigenvalue weighted by Gasteiger charge is -2.34. The van der Waals surface area contributed by atoms with Crippen molar-refractivity contribution in [3.8, 4) is 11.5 Å². The highest BCUT2D eigenvalue weighted by Crippen LogP contribution is 2.17. The zero-order chi connectivity index (χ0) is 19.8. The fourth-order valence-corrected chi connectivity index (χ4v) is 3.45. The van der Waals surface area contributed by atoms with Crippen LogP contribution in [-0.2, 0) is 11.2 Å². The van der Waals surface area contributed by atoms with Crippen molar-refractivity contribution in [2.24, 2.45) is 0 Å². The second kappa shape index (κ2) is 10.1. The monoisotopic (exact) mass is 382 g/mol. The number of rotatable bonds is 8. The molecule has 2 aromatic carbocycles. The minimum atomic E-state index is 0.233. The molecule has 150 valence electrons. The van der Waals surface area contributed by atoms with E-state index in [0.717, 1.165) is 56.2 Å². The highest BCUT2D eigenvalue weighted by atomic mass is 16.5. The van der Waals surface area contributed by atoms with Gasteiger partial charge >= 0.3 is 0 Å². The van der Waals surface area contributed by atoms with Crippen LogP contribution in [0.2, 0.25) is 0 Å². The Morgan fingerprint density at radius 1 is 0.964 bits per heavy atom. The largest absolute Gasteiger partial charge is 0.497 e. The Balaban J connectivity index is 1.33. The van der Waals surface area contributed by atoms with E-state index in [9.17, 15) is 4.79 Å². The first kappa shape index (κ1) is 20.2. The van der Waals surface area contributed by atoms with E-state index in [2.05, 4.69) is 17.9 Å². The summed E-state index contributed by atoms with van der Waals surface area (Å²) in [6.45, 7) is 7.24. The van der Waals surface area contributed by atoms with Crippen molar-refractivity contribution in [3.63, 3.8) is 0 Å². The molecule has 3 rings (SSSR count). The molecule has 1 aliphatic heterocycles. The average molecular weight is 383 g/mol. The molecule has 1 saturated heterocycles. The Kier molecular flexibility index (Phi) is 7.31. The van der Waals surface area contributed by atoms with Crippen LogP contribution in [0.4, 0.5) is 0 Å². The number of carbonyl (C=O) groups excluding carboxylic acids is 1. The van der Waals surface area contributed by atoms with Crippen molar-refractivity contribution in [2.75, 3.05) is 46.4 Å². The minimum Gasteiger partial charge on any atom is -0.497 e. The number of hydrogen-bond donors (Lipinski definition) is 0. The van der Waals surface area contributed by atoms with Crippen molar-refractivity contribution in [2.45, 2.75) is 19.8 Å². The lowest BCUT2D eigenvalue weighted by atomic mass is 10.1. The summed E-state index contributed by atoms with van der Waals surface area (Å²) < 4.78 is 10.9. The van der Waals surface area contributed by atoms with E-state index < -0.39 is 0 Å². The van der Waals surface area contributed by atoms with Crippen LogP contribution in [0.3, 0.4) is 0 Å². The summed E-state index contributed by atoms with van der Waals surface area (Å²) in [7, 11) is 1.66. The maximum atomic E-state index is 12.6. The van der Waals surface area contributed by atoms with Gasteiger partial charge < -0.3 is 14.4 Å². The first-order chi connectivity index (χ1) is 13.7. The van der Waals surface area contributed by atoms with E-state index in [4.69, 9.17) is 9.47 Å². The van der Waals surface area contributed by atoms with Crippen LogP contribution in [0, 0.1) is 6.92 Å². The smallest absolute Gasteiger partial charge is 0.227 e. The quantitative estimate of drug-likeness (QED) is 0.658. The van der Waals surface area contributed by atoms with Gasteiger partial charge in [0.15, 0.2) is 0 Å². The molecule has 0 atom stereocenters. The van der Waals surface area contributed by atoms with Crippen molar-refractivity contribution >= 4 is 5.91 Å². The van der Waals surface area contributed by atoms with Gasteiger partial charge in [-0.15, -0.1) is 0 Å². The third-order valence-corrected chi connectivity index (χ3v) is 5.27. The summed E-state index contributed by atoms with van der Waals surface area (Å²) in [5.74, 6) is 1.94. The van der Waals surface area contributed by atoms with Gasteiger partial charge in [-0.1, -0.05) is 24.3 Å². The molecule has 5 nitrogen and oxygen atoms in total. The SMILES string of the molecule is COc1ccc(OCCCN2CCN(C(=O)Cc3ccccc3C)CC2)cc1. The summed E-state index contributed by atoms with van der Waals surface area (Å²) in [5.41, 5.74) is 2.32. The molecule has 1 fully saturated rings. The molecule has 0 unspecified atom stereocenters. The number of hydrogen-bond acceptors (Lipinski definition) is 4. The first-order valence-electron chi connectivity index (χ1n) is 9.97. The lowest BCUT2D eigenvalue weighted by molar-refractivity contribution is -0.132. The standard InChI is InChI=1S/C23H30N2O3/c1-19-6-3-4-7-20(19)18-23(26)25-15-13-24(14-16-25)12-5-17-28-22-10-8-21(27-2)9-11-22/h3-4,6-11H,5,12-18H2,1-2H3. The normalized spacial score (nSPS) is 14.7. The Hall–Kier alpha value is -2.53. The average Bonchev–Trinajstić information content (AvgIpc) is 2.73. The number of ether oxygens (including phenoxy) is 2. The fraction of sp³-hybridized carbons (Fsp3) is 0.435. The van der Waals surface area contributed by atoms with Gasteiger partial charge in [0.25, 0.3) is 0 Å². The van der Waals surface area contributed by atoms with Gasteiger partial charge in [0, 0.05) is 32.7 Å². The van der Waals surface area contributed by atoms with Gasteiger partial charge in [0.2, 0.25) is 5.91 Å². The topological polar surface area (TPSA) is 42.0 Å². The Morgan fingerprint density at radius 2 is 1.64 bits per heavy atom. The van der Waals surface area contributed by atoms with Gasteiger partial charge in [0.05, 0.1) is 20.1 Å². The Bertz CT molecular complexity index is 753. The molecule has 0 saturated carbocycles. The van der Waals surface area contributed by atoms with Crippen molar-refractivity contribution in [1.82, 2.24) is 9.80 Å². The molecule has 0 bridgehead atoms. The molecule has 1 amide bonds. The molecule has 0 aliphatic carbocycles. The second-order valence-electron chi connectivity index (χ2n) is 7.20. The van der Waals surface area contributed by atoms with Gasteiger partial charge in [-0.25, -0.2) is 0 Å². The van der Waals surface area contributed by atoms with E-state index in [1.807, 2.05) is 47.4 Å². The van der Waals surface area contributed by atoms with Crippen molar-refractivity contribution in [1.29, 1.82) is 0 Å². The van der Waals surface area contributed by atoms with E-state index >= 15 is 0 Å². The lowest BCUT2D eigenvalue weighted by Crippen LogP contribution is -2.49. The number of nitrogens with zero attached hydrogens (tertiary/aromatic N) is 2. The van der Waals surface area contributed by atoms with Gasteiger partial charge in [-0.3, -0.25) is 9.69 Å². The molecule has 0 radical (unpaired) electrons. The van der Waals surface area contributed by atoms with Crippen LogP contribution < -0.4 is 9.47 Å². The number of carbonyl (C=O) groups is 1. The predicted molar refractivity (Wildman–Crippen MR) is 111 cm³/mol. The zero-order valence-corrected chi connectivity index (χ0v) is 16.9. The molecule has 1 aliphatic rings. The molecule has 0 spiro atoms. The number of amides is 1. The number of benzene rings is 2. The van der Waals surface area contributed by atoms with Crippen LogP contribution in [-0.4, -0.2) is 62.1 Å². The maximum absolute atomic E-state index is 12.6. The highest BCUT2D eigenvalue weighted by molar-refractivity contribution is 5.79. The van der Waals surface area contributed by atoms with Crippen molar-refractivity contribution < 1.29 is 14.3 Å². The highest BCUT2D eigenvalue weighted by Gasteiger charge is 2.21. The molecule has 2 aromatic rings. The molecule has 5 heteroatoms. The van der Waals surface area contributed by atoms with Gasteiger partial charge in [0.1, 0.15) is 11.5 Å². The number of aryl methyl sites for hydroxylation is 1. The summed E-state index contributed by atoms with van der Waals surface area (Å²) in [6.07, 6.45) is 1.48. The summed E-state index contributed by atoms with van der Waals surface area (Å²) in [5, 5.41) is 0. The van der Waals surface area contributed by atoms with Gasteiger partial charge in [-0.2, -0.15) is 0 Å².